The fourth-order valence-electron chi connectivity index (χ4n) is 3.68. The molecule has 0 amide bonds. The van der Waals surface area contributed by atoms with Gasteiger partial charge < -0.3 is 24.8 Å². The summed E-state index contributed by atoms with van der Waals surface area (Å²) in [5.74, 6) is 2.47. The van der Waals surface area contributed by atoms with Gasteiger partial charge in [0.1, 0.15) is 11.5 Å². The summed E-state index contributed by atoms with van der Waals surface area (Å²) in [5, 5.41) is 6.83. The van der Waals surface area contributed by atoms with Crippen molar-refractivity contribution in [2.45, 2.75) is 19.5 Å². The van der Waals surface area contributed by atoms with Crippen molar-refractivity contribution in [2.75, 3.05) is 54.1 Å². The van der Waals surface area contributed by atoms with Crippen LogP contribution < -0.4 is 20.1 Å². The average molecular weight is 554 g/mol. The van der Waals surface area contributed by atoms with Gasteiger partial charge in [-0.25, -0.2) is 0 Å². The Labute approximate surface area is 208 Å². The molecule has 2 aromatic carbocycles. The molecule has 2 N–H and O–H groups in total. The van der Waals surface area contributed by atoms with Crippen molar-refractivity contribution < 1.29 is 14.2 Å². The fourth-order valence-corrected chi connectivity index (χ4v) is 3.68. The molecular formula is C24H35IN4O3. The van der Waals surface area contributed by atoms with Crippen LogP contribution in [0.15, 0.2) is 47.5 Å². The second kappa shape index (κ2) is 14.2. The van der Waals surface area contributed by atoms with E-state index in [0.717, 1.165) is 75.4 Å². The molecule has 0 atom stereocenters. The quantitative estimate of drug-likeness (QED) is 0.282. The van der Waals surface area contributed by atoms with Crippen molar-refractivity contribution in [2.24, 2.45) is 4.99 Å². The van der Waals surface area contributed by atoms with Crippen LogP contribution >= 0.6 is 24.0 Å². The number of halogens is 1. The number of hydrogen-bond donors (Lipinski definition) is 2. The lowest BCUT2D eigenvalue weighted by Gasteiger charge is -2.27. The number of rotatable bonds is 9. The molecule has 0 spiro atoms. The largest absolute Gasteiger partial charge is 0.497 e. The highest BCUT2D eigenvalue weighted by Gasteiger charge is 2.13. The van der Waals surface area contributed by atoms with Crippen LogP contribution in [0, 0.1) is 0 Å². The van der Waals surface area contributed by atoms with Crippen molar-refractivity contribution >= 4 is 29.9 Å². The summed E-state index contributed by atoms with van der Waals surface area (Å²) < 4.78 is 16.3. The molecule has 1 aliphatic heterocycles. The highest BCUT2D eigenvalue weighted by molar-refractivity contribution is 14.0. The Morgan fingerprint density at radius 3 is 2.44 bits per heavy atom. The monoisotopic (exact) mass is 554 g/mol. The van der Waals surface area contributed by atoms with Crippen molar-refractivity contribution in [1.82, 2.24) is 15.5 Å². The third-order valence-corrected chi connectivity index (χ3v) is 5.46. The molecule has 32 heavy (non-hydrogen) atoms. The molecule has 0 saturated carbocycles. The summed E-state index contributed by atoms with van der Waals surface area (Å²) in [5.41, 5.74) is 3.72. The maximum absolute atomic E-state index is 5.47. The van der Waals surface area contributed by atoms with Crippen LogP contribution in [0.25, 0.3) is 0 Å². The lowest BCUT2D eigenvalue weighted by molar-refractivity contribution is 0.0341. The summed E-state index contributed by atoms with van der Waals surface area (Å²) in [7, 11) is 5.15. The normalized spacial score (nSPS) is 14.4. The number of benzene rings is 2. The number of methoxy groups -OCH3 is 2. The van der Waals surface area contributed by atoms with E-state index in [-0.39, 0.29) is 24.0 Å². The van der Waals surface area contributed by atoms with E-state index in [2.05, 4.69) is 44.8 Å². The molecule has 0 radical (unpaired) electrons. The topological polar surface area (TPSA) is 67.4 Å². The van der Waals surface area contributed by atoms with Crippen LogP contribution in [0.2, 0.25) is 0 Å². The first kappa shape index (κ1) is 26.2. The Balaban J connectivity index is 0.00000363. The molecule has 1 fully saturated rings. The summed E-state index contributed by atoms with van der Waals surface area (Å²) >= 11 is 0. The Morgan fingerprint density at radius 1 is 1.00 bits per heavy atom. The van der Waals surface area contributed by atoms with Gasteiger partial charge >= 0.3 is 0 Å². The summed E-state index contributed by atoms with van der Waals surface area (Å²) in [6.07, 6.45) is 0.800. The lowest BCUT2D eigenvalue weighted by atomic mass is 10.1. The molecule has 8 heteroatoms. The van der Waals surface area contributed by atoms with Crippen LogP contribution in [0.4, 0.5) is 0 Å². The van der Waals surface area contributed by atoms with E-state index in [0.29, 0.717) is 0 Å². The molecule has 7 nitrogen and oxygen atoms in total. The van der Waals surface area contributed by atoms with E-state index in [1.54, 1.807) is 21.3 Å². The Hall–Kier alpha value is -2.04. The van der Waals surface area contributed by atoms with E-state index in [4.69, 9.17) is 14.2 Å². The first-order valence-corrected chi connectivity index (χ1v) is 10.8. The number of nitrogens with one attached hydrogen (secondary N) is 2. The van der Waals surface area contributed by atoms with Gasteiger partial charge in [0.25, 0.3) is 0 Å². The van der Waals surface area contributed by atoms with E-state index in [9.17, 15) is 0 Å². The molecule has 2 aromatic rings. The van der Waals surface area contributed by atoms with Gasteiger partial charge in [-0.1, -0.05) is 24.3 Å². The van der Waals surface area contributed by atoms with Gasteiger partial charge in [0.15, 0.2) is 5.96 Å². The summed E-state index contributed by atoms with van der Waals surface area (Å²) in [4.78, 5) is 6.81. The SMILES string of the molecule is CN=C(NCCc1cc(OC)ccc1OC)NCc1ccccc1CN1CCOCC1.I. The van der Waals surface area contributed by atoms with Gasteiger partial charge in [0.05, 0.1) is 27.4 Å². The number of aliphatic imine (C=N–C) groups is 1. The van der Waals surface area contributed by atoms with Gasteiger partial charge in [-0.2, -0.15) is 0 Å². The fraction of sp³-hybridized carbons (Fsp3) is 0.458. The number of hydrogen-bond acceptors (Lipinski definition) is 5. The van der Waals surface area contributed by atoms with Crippen molar-refractivity contribution in [3.63, 3.8) is 0 Å². The molecule has 176 valence electrons. The van der Waals surface area contributed by atoms with Crippen LogP contribution in [0.1, 0.15) is 16.7 Å². The Kier molecular flexibility index (Phi) is 11.6. The minimum absolute atomic E-state index is 0. The van der Waals surface area contributed by atoms with Crippen molar-refractivity contribution in [1.29, 1.82) is 0 Å². The molecule has 0 aliphatic carbocycles. The predicted octanol–water partition coefficient (Wildman–Crippen LogP) is 3.06. The average Bonchev–Trinajstić information content (AvgIpc) is 2.82. The number of guanidine groups is 1. The van der Waals surface area contributed by atoms with Crippen LogP contribution in [-0.4, -0.2) is 65.0 Å². The molecule has 3 rings (SSSR count). The second-order valence-corrected chi connectivity index (χ2v) is 7.44. The van der Waals surface area contributed by atoms with Crippen LogP contribution in [0.3, 0.4) is 0 Å². The molecule has 0 unspecified atom stereocenters. The van der Waals surface area contributed by atoms with E-state index in [1.165, 1.54) is 11.1 Å². The first-order valence-electron chi connectivity index (χ1n) is 10.8. The summed E-state index contributed by atoms with van der Waals surface area (Å²) in [6.45, 7) is 6.01. The Morgan fingerprint density at radius 2 is 1.75 bits per heavy atom. The minimum atomic E-state index is 0. The zero-order valence-corrected chi connectivity index (χ0v) is 21.6. The third kappa shape index (κ3) is 7.83. The van der Waals surface area contributed by atoms with Crippen LogP contribution in [0.5, 0.6) is 11.5 Å². The zero-order valence-electron chi connectivity index (χ0n) is 19.2. The van der Waals surface area contributed by atoms with E-state index >= 15 is 0 Å². The standard InChI is InChI=1S/C24H34N4O3.HI/c1-25-24(26-11-10-19-16-22(29-2)8-9-23(19)30-3)27-17-20-6-4-5-7-21(20)18-28-12-14-31-15-13-28;/h4-9,16H,10-15,17-18H2,1-3H3,(H2,25,26,27);1H. The number of morpholine rings is 1. The summed E-state index contributed by atoms with van der Waals surface area (Å²) in [6, 6.07) is 14.4. The maximum atomic E-state index is 5.47. The van der Waals surface area contributed by atoms with Crippen molar-refractivity contribution in [3.05, 3.63) is 59.2 Å². The molecule has 0 bridgehead atoms. The van der Waals surface area contributed by atoms with Crippen LogP contribution in [-0.2, 0) is 24.2 Å². The first-order chi connectivity index (χ1) is 15.2. The van der Waals surface area contributed by atoms with Gasteiger partial charge in [-0.15, -0.1) is 24.0 Å². The van der Waals surface area contributed by atoms with Crippen molar-refractivity contribution in [3.8, 4) is 11.5 Å². The molecule has 0 aromatic heterocycles. The second-order valence-electron chi connectivity index (χ2n) is 7.44. The molecule has 1 heterocycles. The number of ether oxygens (including phenoxy) is 3. The predicted molar refractivity (Wildman–Crippen MR) is 139 cm³/mol. The minimum Gasteiger partial charge on any atom is -0.497 e. The van der Waals surface area contributed by atoms with Gasteiger partial charge in [-0.3, -0.25) is 9.89 Å². The maximum Gasteiger partial charge on any atom is 0.191 e. The highest BCUT2D eigenvalue weighted by atomic mass is 127. The highest BCUT2D eigenvalue weighted by Crippen LogP contribution is 2.24. The Bertz CT molecular complexity index is 857. The van der Waals surface area contributed by atoms with Gasteiger partial charge in [0, 0.05) is 39.8 Å². The lowest BCUT2D eigenvalue weighted by Crippen LogP contribution is -2.38. The molecular weight excluding hydrogens is 519 g/mol. The smallest absolute Gasteiger partial charge is 0.191 e. The van der Waals surface area contributed by atoms with E-state index in [1.807, 2.05) is 18.2 Å². The van der Waals surface area contributed by atoms with E-state index < -0.39 is 0 Å². The molecule has 1 aliphatic rings. The molecule has 1 saturated heterocycles. The third-order valence-electron chi connectivity index (χ3n) is 5.46. The van der Waals surface area contributed by atoms with Gasteiger partial charge in [0.2, 0.25) is 0 Å². The number of nitrogens with zero attached hydrogens (tertiary/aromatic N) is 2. The zero-order chi connectivity index (χ0) is 21.9. The van der Waals surface area contributed by atoms with Gasteiger partial charge in [-0.05, 0) is 41.3 Å².